The first-order valence-corrected chi connectivity index (χ1v) is 6.30. The normalized spacial score (nSPS) is 27.2. The van der Waals surface area contributed by atoms with Crippen molar-refractivity contribution < 1.29 is 18.7 Å². The third kappa shape index (κ3) is 2.61. The lowest BCUT2D eigenvalue weighted by Gasteiger charge is -2.07. The van der Waals surface area contributed by atoms with Gasteiger partial charge >= 0.3 is 0 Å². The highest BCUT2D eigenvalue weighted by molar-refractivity contribution is 7.86. The van der Waals surface area contributed by atoms with E-state index in [-0.39, 0.29) is 4.90 Å². The van der Waals surface area contributed by atoms with Gasteiger partial charge in [0.2, 0.25) is 0 Å². The molecule has 0 saturated carbocycles. The van der Waals surface area contributed by atoms with Gasteiger partial charge in [0.15, 0.2) is 0 Å². The number of rotatable bonds is 4. The number of benzene rings is 1. The van der Waals surface area contributed by atoms with Crippen LogP contribution in [-0.4, -0.2) is 27.2 Å². The lowest BCUT2D eigenvalue weighted by atomic mass is 10.2. The molecule has 1 aliphatic rings. The van der Waals surface area contributed by atoms with Crippen molar-refractivity contribution in [3.63, 3.8) is 0 Å². The third-order valence-electron chi connectivity index (χ3n) is 2.33. The molecule has 88 valence electrons. The first kappa shape index (κ1) is 10.3. The Morgan fingerprint density at radius 3 is 2.56 bits per heavy atom. The number of ether oxygens (including phenoxy) is 1. The van der Waals surface area contributed by atoms with Crippen molar-refractivity contribution in [1.29, 1.82) is 0 Å². The topological polar surface area (TPSA) is 55.9 Å². The van der Waals surface area contributed by atoms with Crippen molar-refractivity contribution in [2.75, 3.05) is 13.2 Å². The second-order valence-corrected chi connectivity index (χ2v) is 5.65. The van der Waals surface area contributed by atoms with E-state index in [1.165, 1.54) is 12.1 Å². The summed E-state index contributed by atoms with van der Waals surface area (Å²) in [5.74, 6) is 0. The number of hydrogen-bond donors (Lipinski definition) is 0. The Morgan fingerprint density at radius 2 is 2.06 bits per heavy atom. The third-order valence-corrected chi connectivity index (χ3v) is 3.53. The fourth-order valence-electron chi connectivity index (χ4n) is 1.11. The average molecular weight is 243 g/mol. The van der Waals surface area contributed by atoms with Gasteiger partial charge in [0.05, 0.1) is 19.5 Å². The largest absolute Gasteiger partial charge is 0.367 e. The summed E-state index contributed by atoms with van der Waals surface area (Å²) < 4.78 is 41.1. The van der Waals surface area contributed by atoms with E-state index >= 15 is 0 Å². The molecule has 1 aliphatic heterocycles. The van der Waals surface area contributed by atoms with Crippen molar-refractivity contribution in [3.05, 3.63) is 29.8 Å². The highest BCUT2D eigenvalue weighted by Gasteiger charge is 2.41. The summed E-state index contributed by atoms with van der Waals surface area (Å²) in [6.45, 7) is 2.64. The Labute approximate surface area is 96.7 Å². The zero-order valence-electron chi connectivity index (χ0n) is 10.1. The molecule has 0 aliphatic carbocycles. The second-order valence-electron chi connectivity index (χ2n) is 4.08. The molecule has 1 saturated heterocycles. The van der Waals surface area contributed by atoms with Crippen LogP contribution in [0.2, 0.25) is 0 Å². The predicted octanol–water partition coefficient (Wildman–Crippen LogP) is 1.49. The molecule has 2 atom stereocenters. The first-order valence-electron chi connectivity index (χ1n) is 5.47. The van der Waals surface area contributed by atoms with E-state index in [1.807, 2.05) is 6.92 Å². The van der Waals surface area contributed by atoms with Gasteiger partial charge in [-0.2, -0.15) is 8.42 Å². The van der Waals surface area contributed by atoms with Crippen LogP contribution >= 0.6 is 0 Å². The van der Waals surface area contributed by atoms with Gasteiger partial charge in [-0.25, -0.2) is 0 Å². The highest BCUT2D eigenvalue weighted by Crippen LogP contribution is 2.27. The van der Waals surface area contributed by atoms with Crippen LogP contribution in [0.1, 0.15) is 13.9 Å². The van der Waals surface area contributed by atoms with E-state index in [1.54, 1.807) is 19.1 Å². The smallest absolute Gasteiger partial charge is 0.297 e. The van der Waals surface area contributed by atoms with Crippen LogP contribution in [0.25, 0.3) is 0 Å². The van der Waals surface area contributed by atoms with Crippen LogP contribution in [-0.2, 0) is 19.0 Å². The fraction of sp³-hybridized carbons (Fsp3) is 0.455. The van der Waals surface area contributed by atoms with Crippen LogP contribution in [0.5, 0.6) is 0 Å². The summed E-state index contributed by atoms with van der Waals surface area (Å²) in [4.78, 5) is 0.0598. The number of hydrogen-bond acceptors (Lipinski definition) is 4. The Hall–Kier alpha value is -0.910. The van der Waals surface area contributed by atoms with Gasteiger partial charge in [0, 0.05) is 0 Å². The molecule has 0 bridgehead atoms. The zero-order chi connectivity index (χ0) is 12.7. The van der Waals surface area contributed by atoms with Gasteiger partial charge in [-0.1, -0.05) is 17.7 Å². The van der Waals surface area contributed by atoms with Crippen LogP contribution < -0.4 is 0 Å². The average Bonchev–Trinajstić information content (AvgIpc) is 2.98. The van der Waals surface area contributed by atoms with Gasteiger partial charge in [0.1, 0.15) is 5.60 Å². The maximum absolute atomic E-state index is 11.8. The maximum atomic E-state index is 11.8. The quantitative estimate of drug-likeness (QED) is 0.594. The van der Waals surface area contributed by atoms with Crippen molar-refractivity contribution in [2.45, 2.75) is 24.3 Å². The number of epoxide rings is 1. The molecule has 5 heteroatoms. The van der Waals surface area contributed by atoms with Gasteiger partial charge in [-0.3, -0.25) is 4.18 Å². The van der Waals surface area contributed by atoms with E-state index < -0.39 is 22.3 Å². The molecule has 0 N–H and O–H groups in total. The van der Waals surface area contributed by atoms with E-state index in [2.05, 4.69) is 0 Å². The van der Waals surface area contributed by atoms with Crippen LogP contribution in [0.3, 0.4) is 0 Å². The predicted molar refractivity (Wildman–Crippen MR) is 58.7 cm³/mol. The Bertz CT molecular complexity index is 505. The molecule has 1 fully saturated rings. The van der Waals surface area contributed by atoms with Crippen molar-refractivity contribution in [1.82, 2.24) is 0 Å². The Morgan fingerprint density at radius 1 is 1.50 bits per heavy atom. The Kier molecular flexibility index (Phi) is 2.46. The van der Waals surface area contributed by atoms with Gasteiger partial charge in [0.25, 0.3) is 10.1 Å². The zero-order valence-corrected chi connectivity index (χ0v) is 9.95. The standard InChI is InChI=1S/C11H14O4S/c1-9-3-5-10(6-4-9)16(12,13)15-8-11(2)7-14-11/h3-6H,7-8H2,1-2H3/i8D. The molecule has 2 unspecified atom stereocenters. The van der Waals surface area contributed by atoms with E-state index in [4.69, 9.17) is 10.3 Å². The van der Waals surface area contributed by atoms with Crippen molar-refractivity contribution in [3.8, 4) is 0 Å². The second kappa shape index (κ2) is 3.84. The first-order chi connectivity index (χ1) is 7.83. The molecule has 16 heavy (non-hydrogen) atoms. The molecule has 0 radical (unpaired) electrons. The molecule has 2 rings (SSSR count). The van der Waals surface area contributed by atoms with Gasteiger partial charge < -0.3 is 4.74 Å². The molecule has 4 nitrogen and oxygen atoms in total. The molecular formula is C11H14O4S. The SMILES string of the molecule is [2H]C(OS(=O)(=O)c1ccc(C)cc1)C1(C)CO1. The minimum Gasteiger partial charge on any atom is -0.367 e. The van der Waals surface area contributed by atoms with Crippen LogP contribution in [0.15, 0.2) is 29.2 Å². The summed E-state index contributed by atoms with van der Waals surface area (Å²) in [5.41, 5.74) is 0.168. The minimum absolute atomic E-state index is 0.0598. The Balaban J connectivity index is 2.16. The van der Waals surface area contributed by atoms with Crippen LogP contribution in [0.4, 0.5) is 0 Å². The summed E-state index contributed by atoms with van der Waals surface area (Å²) in [5, 5.41) is 0. The van der Waals surface area contributed by atoms with E-state index in [0.717, 1.165) is 5.56 Å². The molecule has 0 aromatic heterocycles. The lowest BCUT2D eigenvalue weighted by molar-refractivity contribution is 0.207. The molecule has 1 aromatic carbocycles. The molecule has 0 amide bonds. The van der Waals surface area contributed by atoms with Gasteiger partial charge in [-0.15, -0.1) is 0 Å². The van der Waals surface area contributed by atoms with E-state index in [0.29, 0.717) is 6.61 Å². The lowest BCUT2D eigenvalue weighted by Crippen LogP contribution is -2.18. The summed E-state index contributed by atoms with van der Waals surface area (Å²) >= 11 is 0. The fourth-order valence-corrected chi connectivity index (χ4v) is 2.02. The van der Waals surface area contributed by atoms with Crippen molar-refractivity contribution >= 4 is 10.1 Å². The number of aryl methyl sites for hydroxylation is 1. The summed E-state index contributed by atoms with van der Waals surface area (Å²) in [6, 6.07) is 6.30. The van der Waals surface area contributed by atoms with E-state index in [9.17, 15) is 8.42 Å². The van der Waals surface area contributed by atoms with Gasteiger partial charge in [-0.05, 0) is 26.0 Å². The highest BCUT2D eigenvalue weighted by atomic mass is 32.2. The molecule has 1 heterocycles. The monoisotopic (exact) mass is 243 g/mol. The molecular weight excluding hydrogens is 228 g/mol. The van der Waals surface area contributed by atoms with Crippen molar-refractivity contribution in [2.24, 2.45) is 0 Å². The molecule has 1 aromatic rings. The maximum Gasteiger partial charge on any atom is 0.297 e. The van der Waals surface area contributed by atoms with Crippen LogP contribution in [0, 0.1) is 6.92 Å². The molecule has 0 spiro atoms. The summed E-state index contributed by atoms with van der Waals surface area (Å²) in [6.07, 6.45) is 0. The minimum atomic E-state index is -3.89. The summed E-state index contributed by atoms with van der Waals surface area (Å²) in [7, 11) is -3.89.